The predicted octanol–water partition coefficient (Wildman–Crippen LogP) is 3.70. The van der Waals surface area contributed by atoms with Crippen LogP contribution in [0.3, 0.4) is 0 Å². The summed E-state index contributed by atoms with van der Waals surface area (Å²) < 4.78 is 1.05. The van der Waals surface area contributed by atoms with Crippen molar-refractivity contribution in [3.63, 3.8) is 0 Å². The van der Waals surface area contributed by atoms with Gasteiger partial charge in [0.05, 0.1) is 16.7 Å². The van der Waals surface area contributed by atoms with Crippen LogP contribution in [0.4, 0.5) is 0 Å². The highest BCUT2D eigenvalue weighted by Crippen LogP contribution is 2.32. The molecule has 0 fully saturated rings. The third kappa shape index (κ3) is 1.67. The highest BCUT2D eigenvalue weighted by molar-refractivity contribution is 7.19. The third-order valence-corrected chi connectivity index (χ3v) is 3.57. The minimum atomic E-state index is 0.0641. The summed E-state index contributed by atoms with van der Waals surface area (Å²) in [7, 11) is 0. The first kappa shape index (κ1) is 9.28. The first-order chi connectivity index (χ1) is 6.20. The number of halogens is 2. The minimum Gasteiger partial charge on any atom is -0.391 e. The highest BCUT2D eigenvalue weighted by Gasteiger charge is 2.04. The summed E-state index contributed by atoms with van der Waals surface area (Å²) in [5.41, 5.74) is 0. The van der Waals surface area contributed by atoms with Crippen molar-refractivity contribution in [3.05, 3.63) is 33.1 Å². The molecular formula is C9H6Cl2OS. The van der Waals surface area contributed by atoms with Gasteiger partial charge in [0.15, 0.2) is 0 Å². The summed E-state index contributed by atoms with van der Waals surface area (Å²) in [5, 5.41) is 11.1. The number of benzene rings is 1. The summed E-state index contributed by atoms with van der Waals surface area (Å²) in [6.07, 6.45) is 0. The Hall–Kier alpha value is -0.280. The molecule has 0 atom stereocenters. The van der Waals surface area contributed by atoms with Crippen LogP contribution in [0.2, 0.25) is 10.0 Å². The number of hydrogen-bond donors (Lipinski definition) is 1. The monoisotopic (exact) mass is 232 g/mol. The van der Waals surface area contributed by atoms with Crippen molar-refractivity contribution in [2.45, 2.75) is 6.61 Å². The van der Waals surface area contributed by atoms with Crippen molar-refractivity contribution in [2.24, 2.45) is 0 Å². The van der Waals surface area contributed by atoms with E-state index in [9.17, 15) is 0 Å². The summed E-state index contributed by atoms with van der Waals surface area (Å²) >= 11 is 13.2. The zero-order chi connectivity index (χ0) is 9.42. The molecule has 2 rings (SSSR count). The van der Waals surface area contributed by atoms with Crippen LogP contribution < -0.4 is 0 Å². The van der Waals surface area contributed by atoms with Gasteiger partial charge in [-0.3, -0.25) is 0 Å². The molecule has 1 aromatic carbocycles. The zero-order valence-electron chi connectivity index (χ0n) is 6.55. The molecule has 13 heavy (non-hydrogen) atoms. The van der Waals surface area contributed by atoms with Gasteiger partial charge < -0.3 is 5.11 Å². The Morgan fingerprint density at radius 1 is 1.15 bits per heavy atom. The number of fused-ring (bicyclic) bond motifs is 1. The number of aliphatic hydroxyl groups excluding tert-OH is 1. The molecule has 68 valence electrons. The van der Waals surface area contributed by atoms with Crippen molar-refractivity contribution in [1.29, 1.82) is 0 Å². The average molecular weight is 233 g/mol. The Bertz CT molecular complexity index is 411. The van der Waals surface area contributed by atoms with E-state index in [4.69, 9.17) is 28.3 Å². The lowest BCUT2D eigenvalue weighted by molar-refractivity contribution is 0.285. The normalized spacial score (nSPS) is 11.0. The summed E-state index contributed by atoms with van der Waals surface area (Å²) in [5.74, 6) is 0. The van der Waals surface area contributed by atoms with Gasteiger partial charge in [-0.05, 0) is 23.6 Å². The molecule has 0 aliphatic heterocycles. The Balaban J connectivity index is 2.70. The molecule has 0 aliphatic carbocycles. The SMILES string of the molecule is OCc1cc2cc(Cl)c(Cl)cc2s1. The average Bonchev–Trinajstić information content (AvgIpc) is 2.48. The molecule has 2 aromatic rings. The number of aliphatic hydroxyl groups is 1. The second kappa shape index (κ2) is 3.46. The van der Waals surface area contributed by atoms with E-state index in [0.29, 0.717) is 10.0 Å². The van der Waals surface area contributed by atoms with E-state index in [-0.39, 0.29) is 6.61 Å². The fourth-order valence-corrected chi connectivity index (χ4v) is 2.51. The third-order valence-electron chi connectivity index (χ3n) is 1.77. The second-order valence-corrected chi connectivity index (χ2v) is 4.66. The van der Waals surface area contributed by atoms with Crippen LogP contribution in [0.5, 0.6) is 0 Å². The van der Waals surface area contributed by atoms with Crippen molar-refractivity contribution in [2.75, 3.05) is 0 Å². The Kier molecular flexibility index (Phi) is 2.47. The van der Waals surface area contributed by atoms with Crippen LogP contribution in [-0.2, 0) is 6.61 Å². The van der Waals surface area contributed by atoms with E-state index in [1.54, 1.807) is 0 Å². The maximum atomic E-state index is 8.92. The van der Waals surface area contributed by atoms with Gasteiger partial charge >= 0.3 is 0 Å². The van der Waals surface area contributed by atoms with E-state index < -0.39 is 0 Å². The van der Waals surface area contributed by atoms with Gasteiger partial charge in [-0.1, -0.05) is 23.2 Å². The van der Waals surface area contributed by atoms with Crippen LogP contribution in [0.15, 0.2) is 18.2 Å². The first-order valence-corrected chi connectivity index (χ1v) is 5.26. The van der Waals surface area contributed by atoms with E-state index in [1.807, 2.05) is 18.2 Å². The van der Waals surface area contributed by atoms with Gasteiger partial charge in [-0.15, -0.1) is 11.3 Å². The summed E-state index contributed by atoms with van der Waals surface area (Å²) in [6.45, 7) is 0.0641. The van der Waals surface area contributed by atoms with Gasteiger partial charge in [-0.2, -0.15) is 0 Å². The Morgan fingerprint density at radius 3 is 2.54 bits per heavy atom. The van der Waals surface area contributed by atoms with E-state index >= 15 is 0 Å². The fourth-order valence-electron chi connectivity index (χ4n) is 1.17. The first-order valence-electron chi connectivity index (χ1n) is 3.69. The quantitative estimate of drug-likeness (QED) is 0.796. The molecule has 0 aliphatic rings. The smallest absolute Gasteiger partial charge is 0.0774 e. The Morgan fingerprint density at radius 2 is 1.85 bits per heavy atom. The van der Waals surface area contributed by atoms with Gasteiger partial charge in [0.1, 0.15) is 0 Å². The maximum Gasteiger partial charge on any atom is 0.0774 e. The molecular weight excluding hydrogens is 227 g/mol. The van der Waals surface area contributed by atoms with Crippen LogP contribution >= 0.6 is 34.5 Å². The molecule has 0 saturated heterocycles. The van der Waals surface area contributed by atoms with Crippen LogP contribution in [0.25, 0.3) is 10.1 Å². The van der Waals surface area contributed by atoms with Gasteiger partial charge in [0.2, 0.25) is 0 Å². The summed E-state index contributed by atoms with van der Waals surface area (Å²) in [4.78, 5) is 0.924. The zero-order valence-corrected chi connectivity index (χ0v) is 8.88. The molecule has 4 heteroatoms. The van der Waals surface area contributed by atoms with Gasteiger partial charge in [0, 0.05) is 9.58 Å². The summed E-state index contributed by atoms with van der Waals surface area (Å²) in [6, 6.07) is 5.56. The van der Waals surface area contributed by atoms with E-state index in [2.05, 4.69) is 0 Å². The molecule has 0 radical (unpaired) electrons. The number of thiophene rings is 1. The van der Waals surface area contributed by atoms with E-state index in [1.165, 1.54) is 11.3 Å². The van der Waals surface area contributed by atoms with Crippen molar-refractivity contribution in [3.8, 4) is 0 Å². The van der Waals surface area contributed by atoms with Crippen molar-refractivity contribution in [1.82, 2.24) is 0 Å². The second-order valence-electron chi connectivity index (χ2n) is 2.67. The van der Waals surface area contributed by atoms with Gasteiger partial charge in [-0.25, -0.2) is 0 Å². The Labute approximate surface area is 89.5 Å². The minimum absolute atomic E-state index is 0.0641. The topological polar surface area (TPSA) is 20.2 Å². The molecule has 0 bridgehead atoms. The molecule has 0 unspecified atom stereocenters. The fraction of sp³-hybridized carbons (Fsp3) is 0.111. The molecule has 1 N–H and O–H groups in total. The van der Waals surface area contributed by atoms with Crippen LogP contribution in [0.1, 0.15) is 4.88 Å². The van der Waals surface area contributed by atoms with Crippen molar-refractivity contribution < 1.29 is 5.11 Å². The lowest BCUT2D eigenvalue weighted by Gasteiger charge is -1.93. The molecule has 0 saturated carbocycles. The lowest BCUT2D eigenvalue weighted by atomic mass is 10.2. The standard InChI is InChI=1S/C9H6Cl2OS/c10-7-2-5-1-6(4-12)13-9(5)3-8(7)11/h1-3,12H,4H2. The molecule has 0 spiro atoms. The van der Waals surface area contributed by atoms with E-state index in [0.717, 1.165) is 15.0 Å². The number of hydrogen-bond acceptors (Lipinski definition) is 2. The number of rotatable bonds is 1. The molecule has 1 aromatic heterocycles. The molecule has 1 nitrogen and oxygen atoms in total. The lowest BCUT2D eigenvalue weighted by Crippen LogP contribution is -1.70. The van der Waals surface area contributed by atoms with Crippen LogP contribution in [0, 0.1) is 0 Å². The largest absolute Gasteiger partial charge is 0.391 e. The van der Waals surface area contributed by atoms with Crippen molar-refractivity contribution >= 4 is 44.6 Å². The molecule has 1 heterocycles. The van der Waals surface area contributed by atoms with Crippen LogP contribution in [-0.4, -0.2) is 5.11 Å². The predicted molar refractivity (Wildman–Crippen MR) is 57.8 cm³/mol. The highest BCUT2D eigenvalue weighted by atomic mass is 35.5. The van der Waals surface area contributed by atoms with Gasteiger partial charge in [0.25, 0.3) is 0 Å². The molecule has 0 amide bonds. The maximum absolute atomic E-state index is 8.92.